The molecule has 0 spiro atoms. The number of ether oxygens (including phenoxy) is 4. The molecular weight excluding hydrogens is 1200 g/mol. The minimum absolute atomic E-state index is 0.000464. The summed E-state index contributed by atoms with van der Waals surface area (Å²) in [6.45, 7) is 16.5. The van der Waals surface area contributed by atoms with Gasteiger partial charge in [-0.3, -0.25) is 30.4 Å². The molecule has 90 heavy (non-hydrogen) atoms. The number of non-ortho nitro benzene ring substituents is 2. The van der Waals surface area contributed by atoms with E-state index in [0.29, 0.717) is 63.7 Å². The molecule has 2 fully saturated rings. The number of para-hydroxylation sites is 2. The molecule has 25 nitrogen and oxygen atoms in total. The Morgan fingerprint density at radius 1 is 0.578 bits per heavy atom. The Morgan fingerprint density at radius 2 is 1.01 bits per heavy atom. The normalized spacial score (nSPS) is 16.7. The Morgan fingerprint density at radius 3 is 1.48 bits per heavy atom. The highest BCUT2D eigenvalue weighted by Gasteiger charge is 2.34. The van der Waals surface area contributed by atoms with Crippen LogP contribution in [0.1, 0.15) is 125 Å². The molecule has 1 amide bonds. The number of rotatable bonds is 14. The van der Waals surface area contributed by atoms with E-state index in [0.717, 1.165) is 77.9 Å². The minimum atomic E-state index is -1.06. The number of carbonyl (C=O) groups excluding carboxylic acids is 3. The van der Waals surface area contributed by atoms with Crippen LogP contribution in [-0.4, -0.2) is 114 Å². The smallest absolute Gasteiger partial charge is 0.444 e. The van der Waals surface area contributed by atoms with E-state index >= 15 is 0 Å². The Kier molecular flexibility index (Phi) is 21.9. The first-order valence-corrected chi connectivity index (χ1v) is 30.2. The third kappa shape index (κ3) is 19.5. The largest absolute Gasteiger partial charge is 0.519 e. The van der Waals surface area contributed by atoms with Gasteiger partial charge in [0.1, 0.15) is 39.6 Å². The Balaban J connectivity index is 0.000000192. The summed E-state index contributed by atoms with van der Waals surface area (Å²) in [4.78, 5) is 76.4. The molecule has 4 atom stereocenters. The lowest BCUT2D eigenvalue weighted by Gasteiger charge is -2.38. The van der Waals surface area contributed by atoms with Gasteiger partial charge < -0.3 is 39.8 Å². The molecule has 5 N–H and O–H groups in total. The van der Waals surface area contributed by atoms with Gasteiger partial charge >= 0.3 is 18.4 Å². The van der Waals surface area contributed by atoms with Crippen LogP contribution in [0.15, 0.2) is 109 Å². The van der Waals surface area contributed by atoms with E-state index in [9.17, 15) is 34.6 Å². The molecular formula is C63H74Cl2N14O11. The summed E-state index contributed by atoms with van der Waals surface area (Å²) in [5, 5.41) is 50.0. The van der Waals surface area contributed by atoms with Crippen LogP contribution in [0.25, 0.3) is 44.6 Å². The highest BCUT2D eigenvalue weighted by Crippen LogP contribution is 2.34. The van der Waals surface area contributed by atoms with Crippen LogP contribution in [0.2, 0.25) is 10.0 Å². The van der Waals surface area contributed by atoms with Crippen molar-refractivity contribution >= 4 is 86.7 Å². The van der Waals surface area contributed by atoms with Crippen LogP contribution in [0.5, 0.6) is 0 Å². The maximum atomic E-state index is 13.3. The van der Waals surface area contributed by atoms with E-state index < -0.39 is 40.1 Å². The lowest BCUT2D eigenvalue weighted by Crippen LogP contribution is -2.46. The van der Waals surface area contributed by atoms with Gasteiger partial charge in [0, 0.05) is 72.3 Å². The molecule has 4 heterocycles. The molecule has 27 heteroatoms. The van der Waals surface area contributed by atoms with Crippen molar-refractivity contribution in [3.8, 4) is 22.8 Å². The Hall–Kier alpha value is -9.07. The molecule has 476 valence electrons. The predicted molar refractivity (Wildman–Crippen MR) is 342 cm³/mol. The number of nitrogens with zero attached hydrogens (tertiary/aromatic N) is 9. The molecule has 2 saturated carbocycles. The number of aromatic amines is 2. The second-order valence-corrected chi connectivity index (χ2v) is 25.6. The van der Waals surface area contributed by atoms with Crippen molar-refractivity contribution in [2.75, 3.05) is 10.6 Å². The average molecular weight is 1270 g/mol. The zero-order chi connectivity index (χ0) is 64.9. The standard InChI is InChI=1S/C29H32ClN7O4.C24H24ClN7O2.C10H18O5/c1-29(2,3)41-28(38)36(17-18-11-13-20(14-12-18)37(39)40)21-8-6-7-19(15-21)32-27-31-16-23(30)26(33-27)25-22-9-4-5-10-24(22)34-35-25;25-20-14-27-24(29-23(20)22-19-6-1-2-7-21(19)30-31-22)28-17-5-3-4-16(12-17)26-13-15-8-10-18(11-9-15)32(33)34;1-9(2,3)14-7(11)13-8(12)15-10(4,5)6/h4-5,9-14,16,19,21H,6-8,15,17H2,1-3H3,(H,34,35)(H,31,32,33);1-2,6-11,14,16-17,26H,3-5,12-13H2,(H,30,31)(H,27,28,29);1-6H3/t19?,21-;16-,17?;/m00./s1. The Bertz CT molecular complexity index is 3760. The SMILES string of the molecule is CC(C)(C)OC(=O)N(Cc1ccc([N+](=O)[O-])cc1)[C@H]1CCCC(Nc2ncc(Cl)c(-c3n[nH]c4ccccc34)n2)C1.CC(C)(C)OC(=O)OC(=O)OC(C)(C)C.O=[N+]([O-])c1ccc(CN[C@H]2CCCC(Nc3ncc(Cl)c(-c4n[nH]c5ccccc45)n3)C2)cc1. The van der Waals surface area contributed by atoms with Gasteiger partial charge in [-0.2, -0.15) is 10.2 Å². The van der Waals surface area contributed by atoms with Crippen molar-refractivity contribution in [3.05, 3.63) is 151 Å². The number of nitrogens with one attached hydrogen (secondary N) is 5. The molecule has 0 saturated heterocycles. The first-order chi connectivity index (χ1) is 42.6. The number of amides is 1. The van der Waals surface area contributed by atoms with Crippen LogP contribution in [0.4, 0.5) is 37.7 Å². The fourth-order valence-corrected chi connectivity index (χ4v) is 10.5. The van der Waals surface area contributed by atoms with Gasteiger partial charge in [0.25, 0.3) is 11.4 Å². The number of halogens is 2. The molecule has 2 unspecified atom stereocenters. The first kappa shape index (κ1) is 66.9. The molecule has 0 aliphatic heterocycles. The van der Waals surface area contributed by atoms with Crippen molar-refractivity contribution in [2.45, 2.75) is 168 Å². The lowest BCUT2D eigenvalue weighted by molar-refractivity contribution is -0.385. The van der Waals surface area contributed by atoms with Gasteiger partial charge in [0.2, 0.25) is 11.9 Å². The highest BCUT2D eigenvalue weighted by atomic mass is 35.5. The van der Waals surface area contributed by atoms with Gasteiger partial charge in [0.05, 0.1) is 43.3 Å². The van der Waals surface area contributed by atoms with Crippen LogP contribution in [0.3, 0.4) is 0 Å². The van der Waals surface area contributed by atoms with Gasteiger partial charge in [-0.1, -0.05) is 83.9 Å². The maximum absolute atomic E-state index is 13.3. The number of nitro groups is 2. The summed E-state index contributed by atoms with van der Waals surface area (Å²) in [6.07, 6.45) is 7.98. The number of anilines is 2. The van der Waals surface area contributed by atoms with Crippen molar-refractivity contribution in [2.24, 2.45) is 0 Å². The van der Waals surface area contributed by atoms with Gasteiger partial charge in [-0.25, -0.2) is 34.3 Å². The minimum Gasteiger partial charge on any atom is -0.444 e. The van der Waals surface area contributed by atoms with E-state index in [1.54, 1.807) is 95.2 Å². The molecule has 0 radical (unpaired) electrons. The van der Waals surface area contributed by atoms with E-state index in [1.807, 2.05) is 69.3 Å². The fourth-order valence-electron chi connectivity index (χ4n) is 10.1. The van der Waals surface area contributed by atoms with E-state index in [-0.39, 0.29) is 41.0 Å². The molecule has 2 aliphatic rings. The number of aromatic nitrogens is 8. The summed E-state index contributed by atoms with van der Waals surface area (Å²) < 4.78 is 19.6. The van der Waals surface area contributed by atoms with Crippen LogP contribution in [0, 0.1) is 20.2 Å². The maximum Gasteiger partial charge on any atom is 0.519 e. The van der Waals surface area contributed by atoms with Crippen molar-refractivity contribution in [1.29, 1.82) is 0 Å². The topological polar surface area (TPSA) is 323 Å². The zero-order valence-electron chi connectivity index (χ0n) is 51.5. The number of hydrogen-bond donors (Lipinski definition) is 5. The third-order valence-electron chi connectivity index (χ3n) is 14.1. The second kappa shape index (κ2) is 29.5. The summed E-state index contributed by atoms with van der Waals surface area (Å²) >= 11 is 12.9. The van der Waals surface area contributed by atoms with Gasteiger partial charge in [-0.05, 0) is 137 Å². The summed E-state index contributed by atoms with van der Waals surface area (Å²) in [5.41, 5.74) is 4.16. The average Bonchev–Trinajstić information content (AvgIpc) is 1.65. The third-order valence-corrected chi connectivity index (χ3v) is 14.7. The summed E-state index contributed by atoms with van der Waals surface area (Å²) in [5.74, 6) is 0.966. The van der Waals surface area contributed by atoms with Crippen molar-refractivity contribution < 1.29 is 43.2 Å². The fraction of sp³-hybridized carbons (Fsp3) is 0.413. The highest BCUT2D eigenvalue weighted by molar-refractivity contribution is 6.33. The van der Waals surface area contributed by atoms with Crippen molar-refractivity contribution in [1.82, 2.24) is 50.5 Å². The molecule has 10 rings (SSSR count). The quantitative estimate of drug-likeness (QED) is 0.0222. The summed E-state index contributed by atoms with van der Waals surface area (Å²) in [7, 11) is 0. The molecule has 2 aliphatic carbocycles. The van der Waals surface area contributed by atoms with Crippen molar-refractivity contribution in [3.63, 3.8) is 0 Å². The zero-order valence-corrected chi connectivity index (χ0v) is 53.1. The molecule has 8 aromatic rings. The van der Waals surface area contributed by atoms with Gasteiger partial charge in [-0.15, -0.1) is 0 Å². The van der Waals surface area contributed by atoms with Gasteiger partial charge in [0.15, 0.2) is 0 Å². The predicted octanol–water partition coefficient (Wildman–Crippen LogP) is 14.7. The number of carbonyl (C=O) groups is 3. The van der Waals surface area contributed by atoms with Crippen LogP contribution < -0.4 is 16.0 Å². The number of nitro benzene ring substituents is 2. The number of fused-ring (bicyclic) bond motifs is 2. The van der Waals surface area contributed by atoms with E-state index in [4.69, 9.17) is 42.4 Å². The monoisotopic (exact) mass is 1270 g/mol. The first-order valence-electron chi connectivity index (χ1n) is 29.4. The molecule has 0 bridgehead atoms. The summed E-state index contributed by atoms with van der Waals surface area (Å²) in [6, 6.07) is 29.0. The second-order valence-electron chi connectivity index (χ2n) is 24.7. The van der Waals surface area contributed by atoms with E-state index in [1.165, 1.54) is 12.1 Å². The number of benzene rings is 4. The number of hydrogen-bond acceptors (Lipinski definition) is 20. The van der Waals surface area contributed by atoms with E-state index in [2.05, 4.69) is 56.0 Å². The van der Waals surface area contributed by atoms with Crippen LogP contribution >= 0.6 is 23.2 Å². The lowest BCUT2D eigenvalue weighted by atomic mass is 9.90. The Labute approximate surface area is 530 Å². The van der Waals surface area contributed by atoms with Crippen LogP contribution in [-0.2, 0) is 32.0 Å². The number of H-pyrrole nitrogens is 2. The molecule has 4 aromatic heterocycles. The molecule has 4 aromatic carbocycles.